The molecule has 1 atom stereocenters. The first kappa shape index (κ1) is 18.7. The summed E-state index contributed by atoms with van der Waals surface area (Å²) in [7, 11) is 0. The van der Waals surface area contributed by atoms with Crippen LogP contribution in [0.2, 0.25) is 0 Å². The zero-order chi connectivity index (χ0) is 19.3. The smallest absolute Gasteiger partial charge is 0.230 e. The van der Waals surface area contributed by atoms with E-state index in [0.717, 1.165) is 28.4 Å². The molecular formula is C23H23NO3S. The normalized spacial score (nSPS) is 14.3. The van der Waals surface area contributed by atoms with E-state index in [4.69, 9.17) is 9.47 Å². The van der Waals surface area contributed by atoms with Crippen LogP contribution in [0.4, 0.5) is 0 Å². The van der Waals surface area contributed by atoms with Crippen LogP contribution >= 0.6 is 11.8 Å². The fourth-order valence-corrected chi connectivity index (χ4v) is 4.11. The van der Waals surface area contributed by atoms with Gasteiger partial charge in [-0.2, -0.15) is 0 Å². The van der Waals surface area contributed by atoms with Gasteiger partial charge in [0.2, 0.25) is 5.91 Å². The Morgan fingerprint density at radius 3 is 2.71 bits per heavy atom. The van der Waals surface area contributed by atoms with Crippen LogP contribution in [0.25, 0.3) is 10.8 Å². The molecule has 0 bridgehead atoms. The second-order valence-corrected chi connectivity index (χ2v) is 7.85. The van der Waals surface area contributed by atoms with E-state index in [1.54, 1.807) is 0 Å². The molecule has 1 aliphatic rings. The third kappa shape index (κ3) is 4.25. The lowest BCUT2D eigenvalue weighted by Gasteiger charge is -2.16. The number of fused-ring (bicyclic) bond motifs is 2. The number of nitrogens with one attached hydrogen (secondary N) is 1. The maximum atomic E-state index is 12.5. The van der Waals surface area contributed by atoms with Crippen LogP contribution in [0, 0.1) is 0 Å². The topological polar surface area (TPSA) is 47.6 Å². The third-order valence-electron chi connectivity index (χ3n) is 4.76. The van der Waals surface area contributed by atoms with E-state index in [-0.39, 0.29) is 11.9 Å². The summed E-state index contributed by atoms with van der Waals surface area (Å²) in [5.41, 5.74) is 1.13. The van der Waals surface area contributed by atoms with Crippen LogP contribution in [0.5, 0.6) is 11.5 Å². The molecule has 0 spiro atoms. The molecule has 4 rings (SSSR count). The van der Waals surface area contributed by atoms with Crippen molar-refractivity contribution >= 4 is 28.4 Å². The lowest BCUT2D eigenvalue weighted by molar-refractivity contribution is -0.119. The van der Waals surface area contributed by atoms with E-state index in [0.29, 0.717) is 19.0 Å². The summed E-state index contributed by atoms with van der Waals surface area (Å²) in [6.07, 6.45) is 0.881. The molecule has 0 saturated heterocycles. The molecule has 1 amide bonds. The number of ether oxygens (including phenoxy) is 2. The number of hydrogen-bond acceptors (Lipinski definition) is 4. The number of amides is 1. The number of benzene rings is 3. The molecule has 0 unspecified atom stereocenters. The molecule has 0 aliphatic carbocycles. The van der Waals surface area contributed by atoms with Crippen LogP contribution in [0.3, 0.4) is 0 Å². The van der Waals surface area contributed by atoms with E-state index in [9.17, 15) is 4.79 Å². The van der Waals surface area contributed by atoms with Crippen molar-refractivity contribution in [2.75, 3.05) is 19.0 Å². The highest BCUT2D eigenvalue weighted by Gasteiger charge is 2.14. The maximum Gasteiger partial charge on any atom is 0.230 e. The summed E-state index contributed by atoms with van der Waals surface area (Å²) < 4.78 is 11.4. The second-order valence-electron chi connectivity index (χ2n) is 6.81. The van der Waals surface area contributed by atoms with Gasteiger partial charge in [-0.05, 0) is 41.5 Å². The van der Waals surface area contributed by atoms with E-state index >= 15 is 0 Å². The van der Waals surface area contributed by atoms with Gasteiger partial charge in [0.15, 0.2) is 11.5 Å². The molecule has 144 valence electrons. The van der Waals surface area contributed by atoms with E-state index < -0.39 is 0 Å². The molecular weight excluding hydrogens is 370 g/mol. The Bertz CT molecular complexity index is 983. The fourth-order valence-electron chi connectivity index (χ4n) is 3.37. The molecule has 3 aromatic rings. The van der Waals surface area contributed by atoms with Crippen molar-refractivity contribution in [3.8, 4) is 11.5 Å². The zero-order valence-electron chi connectivity index (χ0n) is 15.8. The lowest BCUT2D eigenvalue weighted by atomic mass is 10.00. The predicted molar refractivity (Wildman–Crippen MR) is 113 cm³/mol. The van der Waals surface area contributed by atoms with Crippen LogP contribution in [-0.2, 0) is 4.79 Å². The monoisotopic (exact) mass is 393 g/mol. The SMILES string of the molecule is C[C@@H](NC(=O)CSc1ccc2c(c1)OCCCO2)c1cccc2ccccc12. The van der Waals surface area contributed by atoms with Crippen molar-refractivity contribution < 1.29 is 14.3 Å². The van der Waals surface area contributed by atoms with Gasteiger partial charge in [-0.15, -0.1) is 11.8 Å². The molecule has 1 aliphatic heterocycles. The Hall–Kier alpha value is -2.66. The standard InChI is InChI=1S/C23H23NO3S/c1-16(19-9-4-7-17-6-2-3-8-20(17)19)24-23(25)15-28-18-10-11-21-22(14-18)27-13-5-12-26-21/h2-4,6-11,14,16H,5,12-13,15H2,1H3,(H,24,25)/t16-/m1/s1. The molecule has 28 heavy (non-hydrogen) atoms. The van der Waals surface area contributed by atoms with Gasteiger partial charge < -0.3 is 14.8 Å². The molecule has 0 aromatic heterocycles. The van der Waals surface area contributed by atoms with Crippen LogP contribution in [0.15, 0.2) is 65.6 Å². The number of rotatable bonds is 5. The second kappa shape index (κ2) is 8.57. The first-order valence-electron chi connectivity index (χ1n) is 9.50. The number of carbonyl (C=O) groups is 1. The molecule has 4 nitrogen and oxygen atoms in total. The largest absolute Gasteiger partial charge is 0.490 e. The molecule has 5 heteroatoms. The molecule has 0 saturated carbocycles. The molecule has 0 fully saturated rings. The highest BCUT2D eigenvalue weighted by molar-refractivity contribution is 8.00. The summed E-state index contributed by atoms with van der Waals surface area (Å²) in [6, 6.07) is 20.2. The third-order valence-corrected chi connectivity index (χ3v) is 5.75. The highest BCUT2D eigenvalue weighted by Crippen LogP contribution is 2.34. The van der Waals surface area contributed by atoms with Gasteiger partial charge in [-0.25, -0.2) is 0 Å². The van der Waals surface area contributed by atoms with E-state index in [1.165, 1.54) is 22.5 Å². The van der Waals surface area contributed by atoms with Crippen molar-refractivity contribution in [3.05, 3.63) is 66.2 Å². The maximum absolute atomic E-state index is 12.5. The van der Waals surface area contributed by atoms with Gasteiger partial charge in [0.25, 0.3) is 0 Å². The minimum absolute atomic E-state index is 0.0116. The summed E-state index contributed by atoms with van der Waals surface area (Å²) in [5, 5.41) is 5.47. The highest BCUT2D eigenvalue weighted by atomic mass is 32.2. The van der Waals surface area contributed by atoms with E-state index in [2.05, 4.69) is 29.6 Å². The Balaban J connectivity index is 1.38. The summed E-state index contributed by atoms with van der Waals surface area (Å²) in [6.45, 7) is 3.36. The van der Waals surface area contributed by atoms with Gasteiger partial charge in [0.05, 0.1) is 25.0 Å². The van der Waals surface area contributed by atoms with Crippen molar-refractivity contribution in [2.24, 2.45) is 0 Å². The first-order chi connectivity index (χ1) is 13.7. The summed E-state index contributed by atoms with van der Waals surface area (Å²) in [4.78, 5) is 13.5. The Labute approximate surface area is 169 Å². The average molecular weight is 394 g/mol. The van der Waals surface area contributed by atoms with Crippen molar-refractivity contribution in [2.45, 2.75) is 24.3 Å². The minimum atomic E-state index is -0.0528. The van der Waals surface area contributed by atoms with Gasteiger partial charge in [-0.1, -0.05) is 42.5 Å². The molecule has 3 aromatic carbocycles. The Morgan fingerprint density at radius 2 is 1.82 bits per heavy atom. The average Bonchev–Trinajstić information content (AvgIpc) is 2.96. The number of thioether (sulfide) groups is 1. The predicted octanol–water partition coefficient (Wildman–Crippen LogP) is 4.97. The number of carbonyl (C=O) groups excluding carboxylic acids is 1. The minimum Gasteiger partial charge on any atom is -0.490 e. The number of hydrogen-bond donors (Lipinski definition) is 1. The van der Waals surface area contributed by atoms with Crippen molar-refractivity contribution in [3.63, 3.8) is 0 Å². The van der Waals surface area contributed by atoms with Gasteiger partial charge in [-0.3, -0.25) is 4.79 Å². The van der Waals surface area contributed by atoms with Crippen molar-refractivity contribution in [1.82, 2.24) is 5.32 Å². The Morgan fingerprint density at radius 1 is 1.04 bits per heavy atom. The van der Waals surface area contributed by atoms with Crippen LogP contribution < -0.4 is 14.8 Å². The van der Waals surface area contributed by atoms with E-state index in [1.807, 2.05) is 43.3 Å². The summed E-state index contributed by atoms with van der Waals surface area (Å²) in [5.74, 6) is 1.90. The lowest BCUT2D eigenvalue weighted by Crippen LogP contribution is -2.28. The van der Waals surface area contributed by atoms with Gasteiger partial charge >= 0.3 is 0 Å². The Kier molecular flexibility index (Phi) is 5.72. The van der Waals surface area contributed by atoms with Gasteiger partial charge in [0, 0.05) is 11.3 Å². The van der Waals surface area contributed by atoms with Crippen LogP contribution in [0.1, 0.15) is 24.9 Å². The zero-order valence-corrected chi connectivity index (χ0v) is 16.6. The molecule has 0 radical (unpaired) electrons. The van der Waals surface area contributed by atoms with Gasteiger partial charge in [0.1, 0.15) is 0 Å². The summed E-state index contributed by atoms with van der Waals surface area (Å²) >= 11 is 1.50. The fraction of sp³-hybridized carbons (Fsp3) is 0.261. The molecule has 1 N–H and O–H groups in total. The first-order valence-corrected chi connectivity index (χ1v) is 10.5. The molecule has 1 heterocycles. The van der Waals surface area contributed by atoms with Crippen molar-refractivity contribution in [1.29, 1.82) is 0 Å². The quantitative estimate of drug-likeness (QED) is 0.622. The van der Waals surface area contributed by atoms with Crippen LogP contribution in [-0.4, -0.2) is 24.9 Å².